The summed E-state index contributed by atoms with van der Waals surface area (Å²) in [4.78, 5) is 11.8. The molecule has 0 heterocycles. The molecule has 0 radical (unpaired) electrons. The second kappa shape index (κ2) is 6.15. The molecule has 0 aromatic rings. The summed E-state index contributed by atoms with van der Waals surface area (Å²) in [5.41, 5.74) is -0.0442. The van der Waals surface area contributed by atoms with E-state index in [-0.39, 0.29) is 6.09 Å². The Morgan fingerprint density at radius 1 is 1.29 bits per heavy atom. The number of hydrogen-bond acceptors (Lipinski definition) is 3. The molecule has 2 aliphatic carbocycles. The van der Waals surface area contributed by atoms with Crippen LogP contribution in [0.15, 0.2) is 0 Å². The molecule has 1 spiro atoms. The van der Waals surface area contributed by atoms with Crippen LogP contribution in [0.3, 0.4) is 0 Å². The van der Waals surface area contributed by atoms with Gasteiger partial charge in [-0.3, -0.25) is 0 Å². The Balaban J connectivity index is 1.70. The van der Waals surface area contributed by atoms with Crippen molar-refractivity contribution in [1.29, 1.82) is 0 Å². The van der Waals surface area contributed by atoms with E-state index in [4.69, 9.17) is 4.74 Å². The summed E-state index contributed by atoms with van der Waals surface area (Å²) in [6, 6.07) is 0.999. The van der Waals surface area contributed by atoms with Crippen LogP contribution in [-0.2, 0) is 4.74 Å². The van der Waals surface area contributed by atoms with Gasteiger partial charge < -0.3 is 15.4 Å². The van der Waals surface area contributed by atoms with Gasteiger partial charge in [0.05, 0.1) is 0 Å². The van der Waals surface area contributed by atoms with E-state index < -0.39 is 5.60 Å². The lowest BCUT2D eigenvalue weighted by Gasteiger charge is -2.31. The molecule has 2 rings (SSSR count). The maximum atomic E-state index is 11.8. The van der Waals surface area contributed by atoms with E-state index in [1.165, 1.54) is 25.7 Å². The molecule has 0 aromatic heterocycles. The number of carbonyl (C=O) groups is 1. The molecule has 122 valence electrons. The number of amides is 1. The molecule has 0 aliphatic heterocycles. The van der Waals surface area contributed by atoms with Crippen LogP contribution < -0.4 is 10.6 Å². The van der Waals surface area contributed by atoms with Crippen molar-refractivity contribution in [2.24, 2.45) is 11.3 Å². The van der Waals surface area contributed by atoms with Crippen LogP contribution in [0, 0.1) is 11.3 Å². The van der Waals surface area contributed by atoms with E-state index in [0.717, 1.165) is 13.0 Å². The molecule has 2 saturated carbocycles. The van der Waals surface area contributed by atoms with E-state index in [0.29, 0.717) is 23.4 Å². The molecule has 1 atom stereocenters. The van der Waals surface area contributed by atoms with Gasteiger partial charge in [0.2, 0.25) is 0 Å². The highest BCUT2D eigenvalue weighted by Crippen LogP contribution is 2.56. The van der Waals surface area contributed by atoms with Crippen molar-refractivity contribution >= 4 is 6.09 Å². The molecule has 1 amide bonds. The standard InChI is InChI=1S/C17H32N2O2/c1-12(2)11-18-13-6-8-17(9-7-13)10-14(17)19-15(20)21-16(3,4)5/h12-14,18H,6-11H2,1-5H3,(H,19,20). The smallest absolute Gasteiger partial charge is 0.407 e. The molecule has 2 N–H and O–H groups in total. The summed E-state index contributed by atoms with van der Waals surface area (Å²) in [7, 11) is 0. The summed E-state index contributed by atoms with van der Waals surface area (Å²) in [5.74, 6) is 0.711. The predicted molar refractivity (Wildman–Crippen MR) is 85.3 cm³/mol. The average Bonchev–Trinajstić information content (AvgIpc) is 2.98. The molecule has 2 fully saturated rings. The normalized spacial score (nSPS) is 32.3. The quantitative estimate of drug-likeness (QED) is 0.835. The van der Waals surface area contributed by atoms with Crippen molar-refractivity contribution in [3.8, 4) is 0 Å². The minimum Gasteiger partial charge on any atom is -0.444 e. The van der Waals surface area contributed by atoms with Crippen molar-refractivity contribution in [2.45, 2.75) is 84.4 Å². The zero-order chi connectivity index (χ0) is 15.7. The van der Waals surface area contributed by atoms with Gasteiger partial charge in [0.1, 0.15) is 5.60 Å². The van der Waals surface area contributed by atoms with Gasteiger partial charge in [-0.2, -0.15) is 0 Å². The van der Waals surface area contributed by atoms with Crippen LogP contribution in [0.2, 0.25) is 0 Å². The first kappa shape index (κ1) is 16.6. The zero-order valence-corrected chi connectivity index (χ0v) is 14.3. The van der Waals surface area contributed by atoms with Gasteiger partial charge >= 0.3 is 6.09 Å². The molecular weight excluding hydrogens is 264 g/mol. The van der Waals surface area contributed by atoms with Gasteiger partial charge in [-0.1, -0.05) is 13.8 Å². The monoisotopic (exact) mass is 296 g/mol. The molecule has 0 aromatic carbocycles. The van der Waals surface area contributed by atoms with Gasteiger partial charge in [0.25, 0.3) is 0 Å². The van der Waals surface area contributed by atoms with Crippen LogP contribution in [0.4, 0.5) is 4.79 Å². The SMILES string of the molecule is CC(C)CNC1CCC2(CC1)CC2NC(=O)OC(C)(C)C. The second-order valence-corrected chi connectivity index (χ2v) is 8.34. The zero-order valence-electron chi connectivity index (χ0n) is 14.3. The van der Waals surface area contributed by atoms with Crippen molar-refractivity contribution in [1.82, 2.24) is 10.6 Å². The lowest BCUT2D eigenvalue weighted by molar-refractivity contribution is 0.0512. The minimum atomic E-state index is -0.412. The molecule has 2 aliphatic rings. The summed E-state index contributed by atoms with van der Waals surface area (Å²) in [5, 5.41) is 6.72. The van der Waals surface area contributed by atoms with E-state index in [1.807, 2.05) is 20.8 Å². The molecule has 0 bridgehead atoms. The second-order valence-electron chi connectivity index (χ2n) is 8.34. The Hall–Kier alpha value is -0.770. The third-order valence-electron chi connectivity index (χ3n) is 4.68. The molecule has 4 heteroatoms. The Labute approximate surface area is 129 Å². The fourth-order valence-corrected chi connectivity index (χ4v) is 3.35. The highest BCUT2D eigenvalue weighted by Gasteiger charge is 2.55. The number of rotatable bonds is 4. The van der Waals surface area contributed by atoms with E-state index >= 15 is 0 Å². The number of hydrogen-bond donors (Lipinski definition) is 2. The highest BCUT2D eigenvalue weighted by atomic mass is 16.6. The minimum absolute atomic E-state index is 0.260. The summed E-state index contributed by atoms with van der Waals surface area (Å²) < 4.78 is 5.35. The van der Waals surface area contributed by atoms with Crippen LogP contribution >= 0.6 is 0 Å². The Morgan fingerprint density at radius 3 is 2.43 bits per heavy atom. The van der Waals surface area contributed by atoms with Gasteiger partial charge in [-0.05, 0) is 70.8 Å². The van der Waals surface area contributed by atoms with Crippen LogP contribution in [0.1, 0.15) is 66.7 Å². The fraction of sp³-hybridized carbons (Fsp3) is 0.941. The van der Waals surface area contributed by atoms with E-state index in [9.17, 15) is 4.79 Å². The fourth-order valence-electron chi connectivity index (χ4n) is 3.35. The van der Waals surface area contributed by atoms with Crippen LogP contribution in [0.5, 0.6) is 0 Å². The van der Waals surface area contributed by atoms with Crippen molar-refractivity contribution < 1.29 is 9.53 Å². The first-order valence-corrected chi connectivity index (χ1v) is 8.43. The van der Waals surface area contributed by atoms with Gasteiger partial charge in [0.15, 0.2) is 0 Å². The van der Waals surface area contributed by atoms with Crippen LogP contribution in [-0.4, -0.2) is 30.3 Å². The third kappa shape index (κ3) is 4.87. The van der Waals surface area contributed by atoms with E-state index in [1.54, 1.807) is 0 Å². The Bertz CT molecular complexity index is 365. The maximum absolute atomic E-state index is 11.8. The lowest BCUT2D eigenvalue weighted by atomic mass is 9.82. The summed E-state index contributed by atoms with van der Waals surface area (Å²) in [6.45, 7) is 11.3. The maximum Gasteiger partial charge on any atom is 0.407 e. The van der Waals surface area contributed by atoms with E-state index in [2.05, 4.69) is 24.5 Å². The molecule has 21 heavy (non-hydrogen) atoms. The van der Waals surface area contributed by atoms with Crippen molar-refractivity contribution in [2.75, 3.05) is 6.54 Å². The number of ether oxygens (including phenoxy) is 1. The number of carbonyl (C=O) groups excluding carboxylic acids is 1. The largest absolute Gasteiger partial charge is 0.444 e. The highest BCUT2D eigenvalue weighted by molar-refractivity contribution is 5.68. The topological polar surface area (TPSA) is 50.4 Å². The van der Waals surface area contributed by atoms with Crippen LogP contribution in [0.25, 0.3) is 0 Å². The summed E-state index contributed by atoms with van der Waals surface area (Å²) in [6.07, 6.45) is 5.79. The van der Waals surface area contributed by atoms with Gasteiger partial charge in [-0.25, -0.2) is 4.79 Å². The Kier molecular flexibility index (Phi) is 4.86. The van der Waals surface area contributed by atoms with Crippen molar-refractivity contribution in [3.05, 3.63) is 0 Å². The molecule has 1 unspecified atom stereocenters. The molecule has 0 saturated heterocycles. The predicted octanol–water partition coefficient (Wildman–Crippen LogP) is 3.46. The average molecular weight is 296 g/mol. The first-order chi connectivity index (χ1) is 9.70. The third-order valence-corrected chi connectivity index (χ3v) is 4.68. The van der Waals surface area contributed by atoms with Gasteiger partial charge in [0, 0.05) is 12.1 Å². The molecule has 4 nitrogen and oxygen atoms in total. The van der Waals surface area contributed by atoms with Gasteiger partial charge in [-0.15, -0.1) is 0 Å². The number of alkyl carbamates (subject to hydrolysis) is 1. The Morgan fingerprint density at radius 2 is 1.90 bits per heavy atom. The van der Waals surface area contributed by atoms with Crippen molar-refractivity contribution in [3.63, 3.8) is 0 Å². The molecular formula is C17H32N2O2. The lowest BCUT2D eigenvalue weighted by Crippen LogP contribution is -2.39. The summed E-state index contributed by atoms with van der Waals surface area (Å²) >= 11 is 0. The number of nitrogens with one attached hydrogen (secondary N) is 2. The first-order valence-electron chi connectivity index (χ1n) is 8.43.